The molecule has 10 heteroatoms. The molecular formula is C26H39N7O3. The summed E-state index contributed by atoms with van der Waals surface area (Å²) in [7, 11) is 4.01. The maximum Gasteiger partial charge on any atom is 0.318 e. The molecule has 3 amide bonds. The molecule has 2 aliphatic rings. The van der Waals surface area contributed by atoms with E-state index < -0.39 is 5.54 Å². The standard InChI is InChI=1S/C26H39N7O3/c1-6-22(34)29-18-7-9-19(10-8-18)30-24(28)20-15-33(26(2,3)23(20)27)25(35)31-21(16-32(4)5)17-11-13-36-14-12-17/h6-10,17,21H,1,11-16,27H2,2-5H3,(H2,28,30)(H,29,34)(H,31,35)/t21-/m1/s1. The van der Waals surface area contributed by atoms with E-state index in [2.05, 4.69) is 27.4 Å². The number of anilines is 2. The van der Waals surface area contributed by atoms with Crippen molar-refractivity contribution in [3.05, 3.63) is 48.2 Å². The fraction of sp³-hybridized carbons (Fsp3) is 0.500. The first-order chi connectivity index (χ1) is 17.0. The van der Waals surface area contributed by atoms with Crippen molar-refractivity contribution in [3.63, 3.8) is 0 Å². The Bertz CT molecular complexity index is 1010. The smallest absolute Gasteiger partial charge is 0.318 e. The topological polar surface area (TPSA) is 136 Å². The lowest BCUT2D eigenvalue weighted by atomic mass is 9.91. The van der Waals surface area contributed by atoms with Crippen molar-refractivity contribution in [2.24, 2.45) is 11.7 Å². The van der Waals surface area contributed by atoms with E-state index in [-0.39, 0.29) is 30.4 Å². The van der Waals surface area contributed by atoms with Gasteiger partial charge in [-0.25, -0.2) is 4.79 Å². The number of rotatable bonds is 8. The van der Waals surface area contributed by atoms with Gasteiger partial charge in [0.1, 0.15) is 5.84 Å². The Labute approximate surface area is 213 Å². The predicted octanol–water partition coefficient (Wildman–Crippen LogP) is 2.57. The van der Waals surface area contributed by atoms with Crippen molar-refractivity contribution in [2.75, 3.05) is 51.0 Å². The average molecular weight is 498 g/mol. The third-order valence-corrected chi connectivity index (χ3v) is 6.84. The molecule has 1 atom stereocenters. The lowest BCUT2D eigenvalue weighted by Crippen LogP contribution is -2.56. The van der Waals surface area contributed by atoms with Gasteiger partial charge in [0.15, 0.2) is 0 Å². The van der Waals surface area contributed by atoms with Crippen LogP contribution in [0, 0.1) is 11.3 Å². The Morgan fingerprint density at radius 1 is 1.22 bits per heavy atom. The summed E-state index contributed by atoms with van der Waals surface area (Å²) < 4.78 is 5.51. The molecule has 0 spiro atoms. The number of nitrogens with two attached hydrogens (primary N) is 1. The fourth-order valence-electron chi connectivity index (χ4n) is 4.61. The monoisotopic (exact) mass is 497 g/mol. The second-order valence-corrected chi connectivity index (χ2v) is 10.1. The molecule has 0 radical (unpaired) electrons. The molecule has 1 aromatic rings. The van der Waals surface area contributed by atoms with Crippen LogP contribution in [-0.4, -0.2) is 79.6 Å². The van der Waals surface area contributed by atoms with Gasteiger partial charge in [-0.1, -0.05) is 6.58 Å². The van der Waals surface area contributed by atoms with Crippen LogP contribution in [0.4, 0.5) is 16.2 Å². The number of amidine groups is 1. The van der Waals surface area contributed by atoms with E-state index in [4.69, 9.17) is 15.9 Å². The van der Waals surface area contributed by atoms with Crippen LogP contribution in [0.5, 0.6) is 0 Å². The first-order valence-electron chi connectivity index (χ1n) is 12.2. The number of carbonyl (C=O) groups is 2. The van der Waals surface area contributed by atoms with Crippen LogP contribution in [0.1, 0.15) is 26.7 Å². The van der Waals surface area contributed by atoms with Crippen molar-refractivity contribution in [1.29, 1.82) is 5.41 Å². The zero-order valence-electron chi connectivity index (χ0n) is 21.7. The quantitative estimate of drug-likeness (QED) is 0.213. The van der Waals surface area contributed by atoms with Gasteiger partial charge in [-0.05, 0) is 77.0 Å². The molecule has 6 N–H and O–H groups in total. The highest BCUT2D eigenvalue weighted by Crippen LogP contribution is 2.32. The number of urea groups is 1. The van der Waals surface area contributed by atoms with E-state index in [9.17, 15) is 9.59 Å². The minimum Gasteiger partial charge on any atom is -0.400 e. The lowest BCUT2D eigenvalue weighted by molar-refractivity contribution is -0.111. The summed E-state index contributed by atoms with van der Waals surface area (Å²) in [5.41, 5.74) is 8.09. The Kier molecular flexibility index (Phi) is 8.75. The average Bonchev–Trinajstić information content (AvgIpc) is 3.09. The zero-order valence-corrected chi connectivity index (χ0v) is 21.7. The van der Waals surface area contributed by atoms with Gasteiger partial charge in [-0.2, -0.15) is 0 Å². The number of carbonyl (C=O) groups excluding carboxylic acids is 2. The maximum absolute atomic E-state index is 13.5. The molecule has 2 aliphatic heterocycles. The second kappa shape index (κ2) is 11.6. The van der Waals surface area contributed by atoms with E-state index in [0.29, 0.717) is 41.8 Å². The zero-order chi connectivity index (χ0) is 26.5. The van der Waals surface area contributed by atoms with Crippen LogP contribution in [0.25, 0.3) is 0 Å². The molecule has 0 aromatic heterocycles. The van der Waals surface area contributed by atoms with Gasteiger partial charge in [0, 0.05) is 48.4 Å². The van der Waals surface area contributed by atoms with Crippen molar-refractivity contribution >= 4 is 29.1 Å². The number of nitrogens with one attached hydrogen (secondary N) is 4. The molecule has 1 fully saturated rings. The highest BCUT2D eigenvalue weighted by Gasteiger charge is 2.43. The molecule has 0 bridgehead atoms. The van der Waals surface area contributed by atoms with Crippen molar-refractivity contribution in [3.8, 4) is 0 Å². The van der Waals surface area contributed by atoms with Gasteiger partial charge < -0.3 is 36.2 Å². The molecule has 0 saturated carbocycles. The second-order valence-electron chi connectivity index (χ2n) is 10.1. The molecule has 196 valence electrons. The summed E-state index contributed by atoms with van der Waals surface area (Å²) in [6.45, 7) is 9.62. The lowest BCUT2D eigenvalue weighted by Gasteiger charge is -2.37. The summed E-state index contributed by atoms with van der Waals surface area (Å²) in [5.74, 6) is 0.186. The Morgan fingerprint density at radius 3 is 2.36 bits per heavy atom. The Balaban J connectivity index is 1.68. The SMILES string of the molecule is C=CC(=O)Nc1ccc(NC(=N)C2=C(N)C(C)(C)N(C(=O)N[C@H](CN(C)C)C3CCOCC3)C2)cc1. The molecule has 36 heavy (non-hydrogen) atoms. The van der Waals surface area contributed by atoms with Gasteiger partial charge in [-0.15, -0.1) is 0 Å². The maximum atomic E-state index is 13.5. The van der Waals surface area contributed by atoms with Gasteiger partial charge in [0.05, 0.1) is 12.1 Å². The number of benzene rings is 1. The highest BCUT2D eigenvalue weighted by atomic mass is 16.5. The van der Waals surface area contributed by atoms with Gasteiger partial charge in [-0.3, -0.25) is 10.2 Å². The van der Waals surface area contributed by atoms with Crippen LogP contribution in [-0.2, 0) is 9.53 Å². The van der Waals surface area contributed by atoms with Crippen LogP contribution in [0.3, 0.4) is 0 Å². The van der Waals surface area contributed by atoms with Crippen LogP contribution < -0.4 is 21.7 Å². The molecule has 1 aromatic carbocycles. The molecule has 2 heterocycles. The summed E-state index contributed by atoms with van der Waals surface area (Å²) in [5, 5.41) is 17.6. The van der Waals surface area contributed by atoms with Crippen molar-refractivity contribution in [2.45, 2.75) is 38.3 Å². The third kappa shape index (κ3) is 6.44. The molecule has 1 saturated heterocycles. The van der Waals surface area contributed by atoms with Gasteiger partial charge in [0.25, 0.3) is 0 Å². The fourth-order valence-corrected chi connectivity index (χ4v) is 4.61. The summed E-state index contributed by atoms with van der Waals surface area (Å²) in [6.07, 6.45) is 3.03. The highest BCUT2D eigenvalue weighted by molar-refractivity contribution is 6.08. The van der Waals surface area contributed by atoms with E-state index in [1.807, 2.05) is 27.9 Å². The van der Waals surface area contributed by atoms with Crippen LogP contribution >= 0.6 is 0 Å². The number of amides is 3. The number of hydrogen-bond donors (Lipinski definition) is 5. The van der Waals surface area contributed by atoms with Crippen molar-refractivity contribution in [1.82, 2.24) is 15.1 Å². The Hall–Kier alpha value is -3.37. The number of ether oxygens (including phenoxy) is 1. The van der Waals surface area contributed by atoms with E-state index in [1.54, 1.807) is 29.2 Å². The van der Waals surface area contributed by atoms with E-state index in [1.165, 1.54) is 6.08 Å². The molecular weight excluding hydrogens is 458 g/mol. The Morgan fingerprint density at radius 2 is 1.81 bits per heavy atom. The first kappa shape index (κ1) is 27.2. The van der Waals surface area contributed by atoms with E-state index >= 15 is 0 Å². The normalized spacial score (nSPS) is 18.6. The molecule has 0 aliphatic carbocycles. The molecule has 10 nitrogen and oxygen atoms in total. The number of likely N-dealkylation sites (N-methyl/N-ethyl adjacent to an activating group) is 1. The third-order valence-electron chi connectivity index (χ3n) is 6.84. The molecule has 0 unspecified atom stereocenters. The minimum atomic E-state index is -0.745. The summed E-state index contributed by atoms with van der Waals surface area (Å²) in [4.78, 5) is 28.7. The summed E-state index contributed by atoms with van der Waals surface area (Å²) >= 11 is 0. The summed E-state index contributed by atoms with van der Waals surface area (Å²) in [6, 6.07) is 6.78. The van der Waals surface area contributed by atoms with Crippen LogP contribution in [0.15, 0.2) is 48.2 Å². The largest absolute Gasteiger partial charge is 0.400 e. The number of hydrogen-bond acceptors (Lipinski definition) is 6. The molecule has 3 rings (SSSR count). The van der Waals surface area contributed by atoms with Crippen molar-refractivity contribution < 1.29 is 14.3 Å². The van der Waals surface area contributed by atoms with Gasteiger partial charge >= 0.3 is 6.03 Å². The minimum absolute atomic E-state index is 0.00449. The van der Waals surface area contributed by atoms with E-state index in [0.717, 1.165) is 19.4 Å². The van der Waals surface area contributed by atoms with Crippen LogP contribution in [0.2, 0.25) is 0 Å². The predicted molar refractivity (Wildman–Crippen MR) is 143 cm³/mol. The van der Waals surface area contributed by atoms with Gasteiger partial charge in [0.2, 0.25) is 5.91 Å². The first-order valence-corrected chi connectivity index (χ1v) is 12.2. The number of nitrogens with zero attached hydrogens (tertiary/aromatic N) is 2.